The summed E-state index contributed by atoms with van der Waals surface area (Å²) in [6.07, 6.45) is 5.30. The average Bonchev–Trinajstić information content (AvgIpc) is 2.99. The number of oxime groups is 1. The van der Waals surface area contributed by atoms with Crippen LogP contribution >= 0.6 is 0 Å². The predicted molar refractivity (Wildman–Crippen MR) is 79.3 cm³/mol. The molecule has 2 fully saturated rings. The fourth-order valence-electron chi connectivity index (χ4n) is 3.21. The first-order valence-electron chi connectivity index (χ1n) is 7.74. The van der Waals surface area contributed by atoms with Gasteiger partial charge in [0.15, 0.2) is 5.84 Å². The highest BCUT2D eigenvalue weighted by atomic mass is 16.5. The molecule has 21 heavy (non-hydrogen) atoms. The molecule has 2 amide bonds. The third kappa shape index (κ3) is 3.78. The zero-order valence-corrected chi connectivity index (χ0v) is 12.6. The number of nitrogens with two attached hydrogens (primary N) is 1. The van der Waals surface area contributed by atoms with Gasteiger partial charge in [-0.15, -0.1) is 0 Å². The Labute approximate surface area is 125 Å². The Morgan fingerprint density at radius 2 is 2.14 bits per heavy atom. The molecule has 1 atom stereocenters. The van der Waals surface area contributed by atoms with E-state index < -0.39 is 5.54 Å². The quantitative estimate of drug-likeness (QED) is 0.270. The van der Waals surface area contributed by atoms with Crippen molar-refractivity contribution in [2.24, 2.45) is 16.8 Å². The molecular formula is C14H26N4O3. The number of carbonyl (C=O) groups is 1. The number of nitrogens with zero attached hydrogens (tertiary/aromatic N) is 1. The van der Waals surface area contributed by atoms with E-state index in [2.05, 4.69) is 22.7 Å². The van der Waals surface area contributed by atoms with Crippen LogP contribution in [0.4, 0.5) is 4.79 Å². The van der Waals surface area contributed by atoms with E-state index in [1.165, 1.54) is 0 Å². The van der Waals surface area contributed by atoms with Gasteiger partial charge in [0.2, 0.25) is 0 Å². The lowest BCUT2D eigenvalue weighted by atomic mass is 9.75. The maximum Gasteiger partial charge on any atom is 0.315 e. The summed E-state index contributed by atoms with van der Waals surface area (Å²) in [5, 5.41) is 18.0. The standard InChI is InChI=1S/C14H26N4O3/c1-2-10-3-6-14(7-4-10,12(15)18-20)17-13(19)16-11-5-8-21-9-11/h10-11,20H,2-9H2,1H3,(H2,15,18)(H2,16,17,19). The molecule has 0 aromatic heterocycles. The molecule has 120 valence electrons. The molecule has 2 rings (SSSR count). The van der Waals surface area contributed by atoms with Gasteiger partial charge in [0.25, 0.3) is 0 Å². The lowest BCUT2D eigenvalue weighted by molar-refractivity contribution is 0.184. The number of amidine groups is 1. The lowest BCUT2D eigenvalue weighted by Gasteiger charge is -2.39. The molecule has 1 heterocycles. The summed E-state index contributed by atoms with van der Waals surface area (Å²) in [6, 6.07) is -0.228. The predicted octanol–water partition coefficient (Wildman–Crippen LogP) is 1.16. The van der Waals surface area contributed by atoms with Crippen molar-refractivity contribution < 1.29 is 14.7 Å². The van der Waals surface area contributed by atoms with Crippen LogP contribution in [-0.4, -0.2) is 41.9 Å². The molecule has 0 spiro atoms. The molecule has 7 heteroatoms. The number of ether oxygens (including phenoxy) is 1. The number of carbonyl (C=O) groups excluding carboxylic acids is 1. The van der Waals surface area contributed by atoms with Gasteiger partial charge in [0, 0.05) is 6.61 Å². The van der Waals surface area contributed by atoms with Gasteiger partial charge >= 0.3 is 6.03 Å². The first-order valence-corrected chi connectivity index (χ1v) is 7.74. The van der Waals surface area contributed by atoms with Crippen LogP contribution in [0.15, 0.2) is 5.16 Å². The van der Waals surface area contributed by atoms with Crippen LogP contribution < -0.4 is 16.4 Å². The van der Waals surface area contributed by atoms with Crippen molar-refractivity contribution in [1.82, 2.24) is 10.6 Å². The van der Waals surface area contributed by atoms with Crippen molar-refractivity contribution in [2.75, 3.05) is 13.2 Å². The first kappa shape index (κ1) is 15.9. The van der Waals surface area contributed by atoms with Crippen LogP contribution in [0.5, 0.6) is 0 Å². The Kier molecular flexibility index (Phi) is 5.27. The van der Waals surface area contributed by atoms with Crippen LogP contribution in [0, 0.1) is 5.92 Å². The third-order valence-electron chi connectivity index (χ3n) is 4.75. The number of nitrogens with one attached hydrogen (secondary N) is 2. The van der Waals surface area contributed by atoms with E-state index in [1.807, 2.05) is 0 Å². The Morgan fingerprint density at radius 1 is 1.43 bits per heavy atom. The van der Waals surface area contributed by atoms with E-state index in [1.54, 1.807) is 0 Å². The molecule has 1 aliphatic heterocycles. The van der Waals surface area contributed by atoms with Crippen molar-refractivity contribution in [3.8, 4) is 0 Å². The summed E-state index contributed by atoms with van der Waals surface area (Å²) in [4.78, 5) is 12.2. The van der Waals surface area contributed by atoms with Gasteiger partial charge in [-0.3, -0.25) is 0 Å². The minimum Gasteiger partial charge on any atom is -0.409 e. The second-order valence-electron chi connectivity index (χ2n) is 6.08. The topological polar surface area (TPSA) is 109 Å². The molecule has 0 aromatic carbocycles. The summed E-state index contributed by atoms with van der Waals surface area (Å²) in [7, 11) is 0. The Hall–Kier alpha value is -1.50. The lowest BCUT2D eigenvalue weighted by Crippen LogP contribution is -2.62. The van der Waals surface area contributed by atoms with Crippen molar-refractivity contribution in [3.05, 3.63) is 0 Å². The van der Waals surface area contributed by atoms with E-state index in [4.69, 9.17) is 15.7 Å². The SMILES string of the molecule is CCC1CCC(NC(=O)NC2CCOC2)(C(N)=NO)CC1. The van der Waals surface area contributed by atoms with Crippen LogP contribution in [0.3, 0.4) is 0 Å². The van der Waals surface area contributed by atoms with Gasteiger partial charge in [-0.2, -0.15) is 0 Å². The van der Waals surface area contributed by atoms with Gasteiger partial charge in [-0.05, 0) is 38.0 Å². The summed E-state index contributed by atoms with van der Waals surface area (Å²) in [6.45, 7) is 3.39. The van der Waals surface area contributed by atoms with Gasteiger partial charge in [-0.25, -0.2) is 4.79 Å². The maximum absolute atomic E-state index is 12.2. The summed E-state index contributed by atoms with van der Waals surface area (Å²) < 4.78 is 5.24. The smallest absolute Gasteiger partial charge is 0.315 e. The third-order valence-corrected chi connectivity index (χ3v) is 4.75. The van der Waals surface area contributed by atoms with Gasteiger partial charge < -0.3 is 26.3 Å². The Morgan fingerprint density at radius 3 is 2.67 bits per heavy atom. The van der Waals surface area contributed by atoms with Gasteiger partial charge in [-0.1, -0.05) is 18.5 Å². The van der Waals surface area contributed by atoms with E-state index in [9.17, 15) is 4.79 Å². The molecule has 0 aromatic rings. The van der Waals surface area contributed by atoms with Crippen LogP contribution in [-0.2, 0) is 4.74 Å². The summed E-state index contributed by atoms with van der Waals surface area (Å²) >= 11 is 0. The van der Waals surface area contributed by atoms with Crippen LogP contribution in [0.1, 0.15) is 45.4 Å². The van der Waals surface area contributed by atoms with Crippen molar-refractivity contribution in [2.45, 2.75) is 57.0 Å². The van der Waals surface area contributed by atoms with E-state index in [-0.39, 0.29) is 17.9 Å². The van der Waals surface area contributed by atoms with Gasteiger partial charge in [0.05, 0.1) is 12.6 Å². The van der Waals surface area contributed by atoms with E-state index in [0.717, 1.165) is 25.7 Å². The fraction of sp³-hybridized carbons (Fsp3) is 0.857. The van der Waals surface area contributed by atoms with Crippen molar-refractivity contribution in [1.29, 1.82) is 0 Å². The number of hydrogen-bond acceptors (Lipinski definition) is 4. The van der Waals surface area contributed by atoms with Gasteiger partial charge in [0.1, 0.15) is 5.54 Å². The monoisotopic (exact) mass is 298 g/mol. The number of hydrogen-bond donors (Lipinski definition) is 4. The minimum absolute atomic E-state index is 0.0429. The second kappa shape index (κ2) is 6.98. The normalized spacial score (nSPS) is 33.7. The molecule has 7 nitrogen and oxygen atoms in total. The fourth-order valence-corrected chi connectivity index (χ4v) is 3.21. The molecule has 1 aliphatic carbocycles. The summed E-state index contributed by atoms with van der Waals surface area (Å²) in [5.74, 6) is 0.743. The second-order valence-corrected chi connectivity index (χ2v) is 6.08. The molecule has 1 unspecified atom stereocenters. The zero-order chi connectivity index (χ0) is 15.3. The van der Waals surface area contributed by atoms with Crippen molar-refractivity contribution in [3.63, 3.8) is 0 Å². The number of rotatable bonds is 4. The summed E-state index contributed by atoms with van der Waals surface area (Å²) in [5.41, 5.74) is 5.13. The molecule has 1 saturated heterocycles. The molecule has 0 radical (unpaired) electrons. The average molecular weight is 298 g/mol. The molecular weight excluding hydrogens is 272 g/mol. The minimum atomic E-state index is -0.732. The number of urea groups is 1. The largest absolute Gasteiger partial charge is 0.409 e. The molecule has 5 N–H and O–H groups in total. The number of amides is 2. The maximum atomic E-state index is 12.2. The highest BCUT2D eigenvalue weighted by molar-refractivity contribution is 5.93. The highest BCUT2D eigenvalue weighted by Crippen LogP contribution is 2.34. The van der Waals surface area contributed by atoms with E-state index >= 15 is 0 Å². The molecule has 0 bridgehead atoms. The molecule has 1 saturated carbocycles. The van der Waals surface area contributed by atoms with Crippen LogP contribution in [0.25, 0.3) is 0 Å². The Bertz CT molecular complexity index is 386. The Balaban J connectivity index is 1.98. The van der Waals surface area contributed by atoms with Crippen molar-refractivity contribution >= 4 is 11.9 Å². The zero-order valence-electron chi connectivity index (χ0n) is 12.6. The molecule has 2 aliphatic rings. The highest BCUT2D eigenvalue weighted by Gasteiger charge is 2.40. The first-order chi connectivity index (χ1) is 10.1. The van der Waals surface area contributed by atoms with E-state index in [0.29, 0.717) is 32.0 Å². The van der Waals surface area contributed by atoms with Crippen LogP contribution in [0.2, 0.25) is 0 Å².